The largest absolute Gasteiger partial charge is 0.490 e. The van der Waals surface area contributed by atoms with Gasteiger partial charge in [-0.3, -0.25) is 0 Å². The Labute approximate surface area is 138 Å². The lowest BCUT2D eigenvalue weighted by Crippen LogP contribution is -2.56. The van der Waals surface area contributed by atoms with Gasteiger partial charge in [0.25, 0.3) is 0 Å². The molecule has 2 fully saturated rings. The van der Waals surface area contributed by atoms with Gasteiger partial charge in [-0.15, -0.1) is 0 Å². The van der Waals surface area contributed by atoms with E-state index in [1.807, 2.05) is 0 Å². The van der Waals surface area contributed by atoms with E-state index in [-0.39, 0.29) is 0 Å². The number of alkyl halides is 1. The molecule has 1 aromatic carbocycles. The van der Waals surface area contributed by atoms with Crippen LogP contribution in [0.4, 0.5) is 0 Å². The Bertz CT molecular complexity index is 478. The van der Waals surface area contributed by atoms with Crippen LogP contribution in [0.2, 0.25) is 0 Å². The molecule has 0 saturated heterocycles. The second kappa shape index (κ2) is 6.00. The lowest BCUT2D eigenvalue weighted by atomic mass is 9.61. The van der Waals surface area contributed by atoms with Gasteiger partial charge in [-0.1, -0.05) is 57.5 Å². The number of ether oxygens (including phenoxy) is 1. The fraction of sp³-hybridized carbons (Fsp3) is 0.647. The first kappa shape index (κ1) is 14.9. The van der Waals surface area contributed by atoms with Crippen molar-refractivity contribution in [1.29, 1.82) is 0 Å². The molecule has 110 valence electrons. The molecule has 1 aromatic rings. The van der Waals surface area contributed by atoms with Crippen LogP contribution in [0.15, 0.2) is 22.7 Å². The molecule has 0 heterocycles. The van der Waals surface area contributed by atoms with Gasteiger partial charge in [0.2, 0.25) is 0 Å². The molecule has 20 heavy (non-hydrogen) atoms. The minimum atomic E-state index is 0.386. The molecule has 3 heteroatoms. The fourth-order valence-electron chi connectivity index (χ4n) is 3.74. The smallest absolute Gasteiger partial charge is 0.120 e. The van der Waals surface area contributed by atoms with Crippen LogP contribution in [0.1, 0.15) is 50.5 Å². The van der Waals surface area contributed by atoms with Crippen LogP contribution >= 0.6 is 31.9 Å². The molecule has 2 atom stereocenters. The molecule has 1 nitrogen and oxygen atoms in total. The summed E-state index contributed by atoms with van der Waals surface area (Å²) in [6, 6.07) is 6.33. The Hall–Kier alpha value is -0.0200. The summed E-state index contributed by atoms with van der Waals surface area (Å²) < 4.78 is 7.51. The van der Waals surface area contributed by atoms with Gasteiger partial charge in [0.05, 0.1) is 0 Å². The van der Waals surface area contributed by atoms with E-state index in [0.717, 1.165) is 16.6 Å². The van der Waals surface area contributed by atoms with Crippen molar-refractivity contribution in [3.05, 3.63) is 28.2 Å². The van der Waals surface area contributed by atoms with E-state index in [0.29, 0.717) is 16.3 Å². The first-order valence-electron chi connectivity index (χ1n) is 7.69. The second-order valence-corrected chi connectivity index (χ2v) is 8.33. The van der Waals surface area contributed by atoms with Crippen molar-refractivity contribution in [1.82, 2.24) is 0 Å². The van der Waals surface area contributed by atoms with E-state index in [4.69, 9.17) is 4.74 Å². The van der Waals surface area contributed by atoms with Gasteiger partial charge in [-0.05, 0) is 49.9 Å². The first-order valence-corrected chi connectivity index (χ1v) is 9.39. The number of benzene rings is 1. The molecule has 0 radical (unpaired) electrons. The third-order valence-electron chi connectivity index (χ3n) is 5.13. The number of hydrogen-bond donors (Lipinski definition) is 0. The highest BCUT2D eigenvalue weighted by molar-refractivity contribution is 9.10. The van der Waals surface area contributed by atoms with Gasteiger partial charge in [0, 0.05) is 14.7 Å². The van der Waals surface area contributed by atoms with Gasteiger partial charge in [-0.25, -0.2) is 0 Å². The van der Waals surface area contributed by atoms with Crippen molar-refractivity contribution in [2.45, 2.75) is 62.8 Å². The third kappa shape index (κ3) is 2.68. The number of halogens is 2. The Morgan fingerprint density at radius 1 is 1.15 bits per heavy atom. The molecule has 0 bridgehead atoms. The molecule has 0 aliphatic heterocycles. The summed E-state index contributed by atoms with van der Waals surface area (Å²) in [7, 11) is 0. The van der Waals surface area contributed by atoms with E-state index in [9.17, 15) is 0 Å². The van der Waals surface area contributed by atoms with Crippen molar-refractivity contribution >= 4 is 31.9 Å². The summed E-state index contributed by atoms with van der Waals surface area (Å²) in [6.07, 6.45) is 9.70. The van der Waals surface area contributed by atoms with Crippen LogP contribution in [0.25, 0.3) is 0 Å². The zero-order valence-electron chi connectivity index (χ0n) is 12.0. The van der Waals surface area contributed by atoms with Crippen LogP contribution in [0, 0.1) is 12.3 Å². The molecule has 1 spiro atoms. The van der Waals surface area contributed by atoms with Crippen LogP contribution in [0.3, 0.4) is 0 Å². The predicted molar refractivity (Wildman–Crippen MR) is 90.8 cm³/mol. The Kier molecular flexibility index (Phi) is 4.47. The number of hydrogen-bond acceptors (Lipinski definition) is 1. The SMILES string of the molecule is Cc1cc(OC2CC(Br)C23CCCCCC3)ccc1Br. The maximum Gasteiger partial charge on any atom is 0.120 e. The van der Waals surface area contributed by atoms with Gasteiger partial charge in [-0.2, -0.15) is 0 Å². The molecule has 0 amide bonds. The average molecular weight is 402 g/mol. The van der Waals surface area contributed by atoms with Gasteiger partial charge in [0.15, 0.2) is 0 Å². The molecular weight excluding hydrogens is 380 g/mol. The highest BCUT2D eigenvalue weighted by atomic mass is 79.9. The van der Waals surface area contributed by atoms with Crippen molar-refractivity contribution in [2.75, 3.05) is 0 Å². The first-order chi connectivity index (χ1) is 9.62. The standard InChI is InChI=1S/C17H22Br2O/c1-12-10-13(6-7-14(12)18)20-16-11-15(19)17(16)8-4-2-3-5-9-17/h6-7,10,15-16H,2-5,8-9,11H2,1H3. The summed E-state index contributed by atoms with van der Waals surface area (Å²) in [5.74, 6) is 1.03. The highest BCUT2D eigenvalue weighted by Gasteiger charge is 2.54. The lowest BCUT2D eigenvalue weighted by Gasteiger charge is -2.53. The molecule has 2 saturated carbocycles. The zero-order valence-corrected chi connectivity index (χ0v) is 15.2. The molecule has 3 rings (SSSR count). The normalized spacial score (nSPS) is 28.8. The molecule has 2 unspecified atom stereocenters. The van der Waals surface area contributed by atoms with Crippen LogP contribution in [-0.4, -0.2) is 10.9 Å². The molecule has 2 aliphatic carbocycles. The maximum absolute atomic E-state index is 6.35. The van der Waals surface area contributed by atoms with E-state index >= 15 is 0 Å². The topological polar surface area (TPSA) is 9.23 Å². The van der Waals surface area contributed by atoms with Crippen molar-refractivity contribution < 1.29 is 4.74 Å². The fourth-order valence-corrected chi connectivity index (χ4v) is 5.08. The lowest BCUT2D eigenvalue weighted by molar-refractivity contribution is -0.0462. The summed E-state index contributed by atoms with van der Waals surface area (Å²) >= 11 is 7.46. The maximum atomic E-state index is 6.35. The van der Waals surface area contributed by atoms with Crippen LogP contribution in [0.5, 0.6) is 5.75 Å². The Balaban J connectivity index is 1.75. The summed E-state index contributed by atoms with van der Waals surface area (Å²) in [6.45, 7) is 2.12. The summed E-state index contributed by atoms with van der Waals surface area (Å²) in [5, 5.41) is 0. The zero-order chi connectivity index (χ0) is 14.2. The predicted octanol–water partition coefficient (Wildman–Crippen LogP) is 6.01. The van der Waals surface area contributed by atoms with E-state index < -0.39 is 0 Å². The summed E-state index contributed by atoms with van der Waals surface area (Å²) in [5.41, 5.74) is 1.63. The molecule has 2 aliphatic rings. The summed E-state index contributed by atoms with van der Waals surface area (Å²) in [4.78, 5) is 0.648. The second-order valence-electron chi connectivity index (χ2n) is 6.37. The average Bonchev–Trinajstić information content (AvgIpc) is 2.70. The Morgan fingerprint density at radius 2 is 1.85 bits per heavy atom. The van der Waals surface area contributed by atoms with Gasteiger partial charge in [0.1, 0.15) is 11.9 Å². The van der Waals surface area contributed by atoms with Gasteiger partial charge >= 0.3 is 0 Å². The van der Waals surface area contributed by atoms with E-state index in [2.05, 4.69) is 57.0 Å². The minimum absolute atomic E-state index is 0.386. The van der Waals surface area contributed by atoms with E-state index in [1.54, 1.807) is 0 Å². The number of rotatable bonds is 2. The van der Waals surface area contributed by atoms with Crippen molar-refractivity contribution in [3.8, 4) is 5.75 Å². The Morgan fingerprint density at radius 3 is 2.45 bits per heavy atom. The quantitative estimate of drug-likeness (QED) is 0.551. The highest BCUT2D eigenvalue weighted by Crippen LogP contribution is 2.55. The third-order valence-corrected chi connectivity index (χ3v) is 7.30. The van der Waals surface area contributed by atoms with Crippen LogP contribution < -0.4 is 4.74 Å². The molecular formula is C17H22Br2O. The molecule has 0 N–H and O–H groups in total. The van der Waals surface area contributed by atoms with Crippen LogP contribution in [-0.2, 0) is 0 Å². The van der Waals surface area contributed by atoms with Gasteiger partial charge < -0.3 is 4.74 Å². The monoisotopic (exact) mass is 400 g/mol. The molecule has 0 aromatic heterocycles. The minimum Gasteiger partial charge on any atom is -0.490 e. The van der Waals surface area contributed by atoms with E-state index in [1.165, 1.54) is 44.1 Å². The van der Waals surface area contributed by atoms with Crippen molar-refractivity contribution in [2.24, 2.45) is 5.41 Å². The van der Waals surface area contributed by atoms with Crippen molar-refractivity contribution in [3.63, 3.8) is 0 Å². The number of aryl methyl sites for hydroxylation is 1.